The number of benzene rings is 2. The van der Waals surface area contributed by atoms with Crippen LogP contribution in [0.25, 0.3) is 16.0 Å². The predicted octanol–water partition coefficient (Wildman–Crippen LogP) is 3.98. The number of imidazole rings is 1. The minimum absolute atomic E-state index is 0.0513. The van der Waals surface area contributed by atoms with E-state index < -0.39 is 4.92 Å². The van der Waals surface area contributed by atoms with E-state index in [1.807, 2.05) is 28.7 Å². The second-order valence-corrected chi connectivity index (χ2v) is 7.56. The summed E-state index contributed by atoms with van der Waals surface area (Å²) in [5.41, 5.74) is 1.69. The molecule has 0 radical (unpaired) electrons. The summed E-state index contributed by atoms with van der Waals surface area (Å²) < 4.78 is 11.5. The van der Waals surface area contributed by atoms with E-state index in [1.54, 1.807) is 13.0 Å². The van der Waals surface area contributed by atoms with Gasteiger partial charge < -0.3 is 10.1 Å². The minimum atomic E-state index is -0.549. The summed E-state index contributed by atoms with van der Waals surface area (Å²) in [6.07, 6.45) is 0. The highest BCUT2D eigenvalue weighted by atomic mass is 32.2. The fraction of sp³-hybridized carbons (Fsp3) is 0.167. The molecule has 2 aromatic carbocycles. The van der Waals surface area contributed by atoms with Crippen molar-refractivity contribution in [2.45, 2.75) is 12.1 Å². The van der Waals surface area contributed by atoms with Gasteiger partial charge in [0.15, 0.2) is 5.16 Å². The lowest BCUT2D eigenvalue weighted by Gasteiger charge is -2.08. The molecule has 0 fully saturated rings. The van der Waals surface area contributed by atoms with Gasteiger partial charge in [0.1, 0.15) is 11.4 Å². The normalized spacial score (nSPS) is 11.1. The average Bonchev–Trinajstić information content (AvgIpc) is 3.27. The maximum Gasteiger partial charge on any atom is 0.296 e. The van der Waals surface area contributed by atoms with E-state index in [-0.39, 0.29) is 23.0 Å². The Balaban J connectivity index is 1.50. The van der Waals surface area contributed by atoms with E-state index in [1.165, 1.54) is 35.4 Å². The van der Waals surface area contributed by atoms with Crippen LogP contribution in [0.2, 0.25) is 0 Å². The highest BCUT2D eigenvalue weighted by Gasteiger charge is 2.19. The Hall–Kier alpha value is -3.18. The number of nitrogens with zero attached hydrogens (tertiary/aromatic N) is 4. The molecule has 0 aliphatic heterocycles. The molecule has 9 nitrogen and oxygen atoms in total. The van der Waals surface area contributed by atoms with Gasteiger partial charge in [-0.3, -0.25) is 19.3 Å². The molecule has 1 N–H and O–H groups in total. The van der Waals surface area contributed by atoms with Gasteiger partial charge in [0.2, 0.25) is 10.9 Å². The fourth-order valence-electron chi connectivity index (χ4n) is 2.80. The van der Waals surface area contributed by atoms with Crippen molar-refractivity contribution in [1.82, 2.24) is 13.8 Å². The number of para-hydroxylation sites is 2. The van der Waals surface area contributed by atoms with Crippen LogP contribution in [0.4, 0.5) is 11.4 Å². The molecular formula is C18H15N5O4S2. The number of nitro benzene ring substituents is 1. The summed E-state index contributed by atoms with van der Waals surface area (Å²) >= 11 is 2.50. The lowest BCUT2D eigenvalue weighted by Crippen LogP contribution is -2.15. The molecule has 29 heavy (non-hydrogen) atoms. The number of nitro groups is 1. The number of thioether (sulfide) groups is 1. The van der Waals surface area contributed by atoms with Gasteiger partial charge in [0.25, 0.3) is 5.69 Å². The molecule has 4 rings (SSSR count). The van der Waals surface area contributed by atoms with Gasteiger partial charge in [-0.15, -0.1) is 0 Å². The highest BCUT2D eigenvalue weighted by molar-refractivity contribution is 7.99. The summed E-state index contributed by atoms with van der Waals surface area (Å²) in [6.45, 7) is 2.18. The summed E-state index contributed by atoms with van der Waals surface area (Å²) in [6, 6.07) is 12.0. The van der Waals surface area contributed by atoms with Crippen molar-refractivity contribution in [2.75, 3.05) is 17.7 Å². The summed E-state index contributed by atoms with van der Waals surface area (Å²) in [5, 5.41) is 14.6. The Morgan fingerprint density at radius 1 is 1.34 bits per heavy atom. The van der Waals surface area contributed by atoms with Gasteiger partial charge in [-0.25, -0.2) is 4.98 Å². The molecule has 0 atom stereocenters. The number of hydrogen-bond donors (Lipinski definition) is 1. The Morgan fingerprint density at radius 3 is 2.97 bits per heavy atom. The van der Waals surface area contributed by atoms with Crippen molar-refractivity contribution in [3.63, 3.8) is 0 Å². The lowest BCUT2D eigenvalue weighted by molar-refractivity contribution is -0.384. The fourth-order valence-corrected chi connectivity index (χ4v) is 4.48. The van der Waals surface area contributed by atoms with Gasteiger partial charge in [0.05, 0.1) is 34.4 Å². The van der Waals surface area contributed by atoms with E-state index in [0.717, 1.165) is 16.0 Å². The number of amides is 1. The molecule has 0 saturated heterocycles. The molecule has 1 amide bonds. The van der Waals surface area contributed by atoms with Crippen molar-refractivity contribution >= 4 is 56.6 Å². The first-order chi connectivity index (χ1) is 14.1. The first-order valence-corrected chi connectivity index (χ1v) is 10.4. The Kier molecular flexibility index (Phi) is 5.32. The number of anilines is 1. The van der Waals surface area contributed by atoms with Gasteiger partial charge in [-0.05, 0) is 31.2 Å². The van der Waals surface area contributed by atoms with Crippen molar-refractivity contribution in [3.8, 4) is 5.75 Å². The van der Waals surface area contributed by atoms with Crippen LogP contribution >= 0.6 is 23.3 Å². The quantitative estimate of drug-likeness (QED) is 0.269. The van der Waals surface area contributed by atoms with Crippen LogP contribution in [0.15, 0.2) is 47.6 Å². The second kappa shape index (κ2) is 8.05. The van der Waals surface area contributed by atoms with Crippen LogP contribution in [0.3, 0.4) is 0 Å². The summed E-state index contributed by atoms with van der Waals surface area (Å²) in [5.74, 6) is 0.0617. The van der Waals surface area contributed by atoms with Crippen LogP contribution in [-0.4, -0.2) is 36.9 Å². The third-order valence-electron chi connectivity index (χ3n) is 4.01. The van der Waals surface area contributed by atoms with Crippen LogP contribution < -0.4 is 10.1 Å². The van der Waals surface area contributed by atoms with E-state index in [2.05, 4.69) is 14.7 Å². The van der Waals surface area contributed by atoms with Crippen molar-refractivity contribution in [1.29, 1.82) is 0 Å². The molecule has 0 saturated carbocycles. The number of fused-ring (bicyclic) bond motifs is 3. The van der Waals surface area contributed by atoms with Gasteiger partial charge in [-0.2, -0.15) is 4.37 Å². The zero-order chi connectivity index (χ0) is 20.4. The first-order valence-electron chi connectivity index (χ1n) is 8.63. The zero-order valence-corrected chi connectivity index (χ0v) is 16.8. The molecular weight excluding hydrogens is 414 g/mol. The Labute approximate surface area is 173 Å². The summed E-state index contributed by atoms with van der Waals surface area (Å²) in [7, 11) is 0. The topological polar surface area (TPSA) is 112 Å². The largest absolute Gasteiger partial charge is 0.494 e. The van der Waals surface area contributed by atoms with Gasteiger partial charge >= 0.3 is 0 Å². The van der Waals surface area contributed by atoms with Crippen molar-refractivity contribution in [2.24, 2.45) is 0 Å². The number of rotatable bonds is 7. The lowest BCUT2D eigenvalue weighted by atomic mass is 10.2. The first kappa shape index (κ1) is 19.2. The third kappa shape index (κ3) is 3.87. The maximum absolute atomic E-state index is 12.4. The van der Waals surface area contributed by atoms with Crippen molar-refractivity contribution < 1.29 is 14.5 Å². The summed E-state index contributed by atoms with van der Waals surface area (Å²) in [4.78, 5) is 28.4. The van der Waals surface area contributed by atoms with Crippen molar-refractivity contribution in [3.05, 3.63) is 52.6 Å². The SMILES string of the molecule is CCOc1ccc(NC(=O)CSc2nsc3nc4ccccc4n23)c([N+](=O)[O-])c1. The molecule has 0 spiro atoms. The van der Waals surface area contributed by atoms with Gasteiger partial charge in [-0.1, -0.05) is 23.9 Å². The number of nitrogens with one attached hydrogen (secondary N) is 1. The Bertz CT molecular complexity index is 1220. The monoisotopic (exact) mass is 429 g/mol. The number of carbonyl (C=O) groups is 1. The van der Waals surface area contributed by atoms with Crippen LogP contribution in [0, 0.1) is 10.1 Å². The van der Waals surface area contributed by atoms with E-state index in [9.17, 15) is 14.9 Å². The standard InChI is InChI=1S/C18H15N5O4S2/c1-2-27-11-7-8-13(15(9-11)23(25)26)19-16(24)10-28-18-21-29-17-20-12-5-3-4-6-14(12)22(17)18/h3-9H,2,10H2,1H3,(H,19,24). The average molecular weight is 429 g/mol. The maximum atomic E-state index is 12.4. The predicted molar refractivity (Wildman–Crippen MR) is 112 cm³/mol. The number of carbonyl (C=O) groups excluding carboxylic acids is 1. The number of aromatic nitrogens is 3. The van der Waals surface area contributed by atoms with Crippen LogP contribution in [0.5, 0.6) is 5.75 Å². The zero-order valence-electron chi connectivity index (χ0n) is 15.2. The molecule has 2 heterocycles. The molecule has 0 bridgehead atoms. The molecule has 0 aliphatic carbocycles. The number of ether oxygens (including phenoxy) is 1. The molecule has 148 valence electrons. The smallest absolute Gasteiger partial charge is 0.296 e. The van der Waals surface area contributed by atoms with E-state index in [0.29, 0.717) is 17.5 Å². The minimum Gasteiger partial charge on any atom is -0.494 e. The molecule has 2 aromatic heterocycles. The molecule has 4 aromatic rings. The number of hydrogen-bond acceptors (Lipinski definition) is 8. The molecule has 11 heteroatoms. The van der Waals surface area contributed by atoms with Crippen LogP contribution in [-0.2, 0) is 4.79 Å². The van der Waals surface area contributed by atoms with Gasteiger partial charge in [0, 0.05) is 11.5 Å². The molecule has 0 unspecified atom stereocenters. The third-order valence-corrected chi connectivity index (χ3v) is 5.77. The highest BCUT2D eigenvalue weighted by Crippen LogP contribution is 2.30. The van der Waals surface area contributed by atoms with Crippen LogP contribution in [0.1, 0.15) is 6.92 Å². The second-order valence-electron chi connectivity index (χ2n) is 5.89. The van der Waals surface area contributed by atoms with E-state index in [4.69, 9.17) is 4.74 Å². The molecule has 0 aliphatic rings. The van der Waals surface area contributed by atoms with E-state index >= 15 is 0 Å². The Morgan fingerprint density at radius 2 is 2.17 bits per heavy atom.